The number of ether oxygens (including phenoxy) is 1. The number of methoxy groups -OCH3 is 1. The molecule has 0 bridgehead atoms. The van der Waals surface area contributed by atoms with E-state index in [-0.39, 0.29) is 11.5 Å². The molecule has 0 radical (unpaired) electrons. The molecule has 0 aliphatic heterocycles. The normalized spacial score (nSPS) is 11.5. The number of aryl methyl sites for hydroxylation is 2. The number of fused-ring (bicyclic) bond motifs is 1. The van der Waals surface area contributed by atoms with Crippen molar-refractivity contribution in [3.8, 4) is 5.69 Å². The highest BCUT2D eigenvalue weighted by atomic mass is 16.5. The summed E-state index contributed by atoms with van der Waals surface area (Å²) >= 11 is 0. The van der Waals surface area contributed by atoms with Crippen molar-refractivity contribution in [1.29, 1.82) is 0 Å². The average Bonchev–Trinajstić information content (AvgIpc) is 3.16. The molecule has 0 unspecified atom stereocenters. The van der Waals surface area contributed by atoms with Gasteiger partial charge in [-0.25, -0.2) is 9.48 Å². The Morgan fingerprint density at radius 3 is 2.42 bits per heavy atom. The van der Waals surface area contributed by atoms with Crippen LogP contribution in [-0.4, -0.2) is 28.8 Å². The van der Waals surface area contributed by atoms with E-state index in [0.717, 1.165) is 33.3 Å². The Labute approximate surface area is 192 Å². The quantitative estimate of drug-likeness (QED) is 0.331. The number of anilines is 1. The smallest absolute Gasteiger partial charge is 0.340 e. The van der Waals surface area contributed by atoms with Gasteiger partial charge in [0.05, 0.1) is 29.7 Å². The van der Waals surface area contributed by atoms with Crippen molar-refractivity contribution in [2.75, 3.05) is 12.4 Å². The van der Waals surface area contributed by atoms with Crippen LogP contribution in [0.1, 0.15) is 34.2 Å². The zero-order chi connectivity index (χ0) is 23.5. The first kappa shape index (κ1) is 22.0. The molecule has 166 valence electrons. The van der Waals surface area contributed by atoms with Crippen LogP contribution in [0.3, 0.4) is 0 Å². The van der Waals surface area contributed by atoms with Crippen molar-refractivity contribution in [2.45, 2.75) is 20.8 Å². The lowest BCUT2D eigenvalue weighted by atomic mass is 10.0. The van der Waals surface area contributed by atoms with Crippen LogP contribution in [0.2, 0.25) is 0 Å². The summed E-state index contributed by atoms with van der Waals surface area (Å²) in [4.78, 5) is 25.2. The van der Waals surface area contributed by atoms with Crippen LogP contribution in [0.15, 0.2) is 72.8 Å². The SMILES string of the molecule is COC(=O)c1cc(-n2nc(C)cc2C)ccc1NC(=O)/C=C(/C)c1ccc2ccccc2c1. The van der Waals surface area contributed by atoms with Gasteiger partial charge in [-0.05, 0) is 73.0 Å². The van der Waals surface area contributed by atoms with E-state index in [0.29, 0.717) is 11.4 Å². The Morgan fingerprint density at radius 2 is 1.73 bits per heavy atom. The summed E-state index contributed by atoms with van der Waals surface area (Å²) in [6.45, 7) is 5.73. The Hall–Kier alpha value is -4.19. The molecule has 1 N–H and O–H groups in total. The Bertz CT molecular complexity index is 1400. The molecule has 1 aromatic heterocycles. The van der Waals surface area contributed by atoms with Gasteiger partial charge < -0.3 is 10.1 Å². The maximum atomic E-state index is 12.8. The van der Waals surface area contributed by atoms with E-state index in [1.807, 2.05) is 57.2 Å². The van der Waals surface area contributed by atoms with Crippen LogP contribution in [0, 0.1) is 13.8 Å². The maximum absolute atomic E-state index is 12.8. The fraction of sp³-hybridized carbons (Fsp3) is 0.148. The first-order valence-corrected chi connectivity index (χ1v) is 10.6. The number of hydrogen-bond acceptors (Lipinski definition) is 4. The largest absolute Gasteiger partial charge is 0.465 e. The molecule has 4 aromatic rings. The number of nitrogens with one attached hydrogen (secondary N) is 1. The lowest BCUT2D eigenvalue weighted by Gasteiger charge is -2.12. The van der Waals surface area contributed by atoms with Gasteiger partial charge in [0.25, 0.3) is 0 Å². The first-order valence-electron chi connectivity index (χ1n) is 10.6. The zero-order valence-electron chi connectivity index (χ0n) is 19.0. The fourth-order valence-electron chi connectivity index (χ4n) is 3.83. The second kappa shape index (κ2) is 9.12. The summed E-state index contributed by atoms with van der Waals surface area (Å²) in [6.07, 6.45) is 1.53. The van der Waals surface area contributed by atoms with Gasteiger partial charge in [-0.1, -0.05) is 36.4 Å². The summed E-state index contributed by atoms with van der Waals surface area (Å²) in [5, 5.41) is 9.53. The van der Waals surface area contributed by atoms with Crippen molar-refractivity contribution >= 4 is 33.9 Å². The topological polar surface area (TPSA) is 73.2 Å². The second-order valence-corrected chi connectivity index (χ2v) is 7.94. The minimum Gasteiger partial charge on any atom is -0.465 e. The van der Waals surface area contributed by atoms with Gasteiger partial charge in [0.2, 0.25) is 5.91 Å². The predicted molar refractivity (Wildman–Crippen MR) is 131 cm³/mol. The number of amides is 1. The molecule has 3 aromatic carbocycles. The van der Waals surface area contributed by atoms with Gasteiger partial charge in [0.1, 0.15) is 0 Å². The van der Waals surface area contributed by atoms with Crippen molar-refractivity contribution in [3.63, 3.8) is 0 Å². The summed E-state index contributed by atoms with van der Waals surface area (Å²) in [5.41, 5.74) is 4.93. The number of aromatic nitrogens is 2. The van der Waals surface area contributed by atoms with Gasteiger partial charge in [-0.2, -0.15) is 5.10 Å². The molecule has 6 nitrogen and oxygen atoms in total. The van der Waals surface area contributed by atoms with Crippen molar-refractivity contribution in [1.82, 2.24) is 9.78 Å². The van der Waals surface area contributed by atoms with Crippen LogP contribution >= 0.6 is 0 Å². The zero-order valence-corrected chi connectivity index (χ0v) is 19.0. The minimum absolute atomic E-state index is 0.257. The van der Waals surface area contributed by atoms with Crippen LogP contribution in [0.5, 0.6) is 0 Å². The summed E-state index contributed by atoms with van der Waals surface area (Å²) in [7, 11) is 1.31. The molecule has 0 fully saturated rings. The summed E-state index contributed by atoms with van der Waals surface area (Å²) < 4.78 is 6.69. The van der Waals surface area contributed by atoms with E-state index in [1.165, 1.54) is 13.2 Å². The molecule has 0 aliphatic carbocycles. The molecule has 6 heteroatoms. The molecule has 0 spiro atoms. The molecule has 0 saturated heterocycles. The highest BCUT2D eigenvalue weighted by molar-refractivity contribution is 6.08. The van der Waals surface area contributed by atoms with Gasteiger partial charge in [0, 0.05) is 11.8 Å². The lowest BCUT2D eigenvalue weighted by Crippen LogP contribution is -2.14. The van der Waals surface area contributed by atoms with E-state index in [4.69, 9.17) is 4.74 Å². The van der Waals surface area contributed by atoms with E-state index >= 15 is 0 Å². The van der Waals surface area contributed by atoms with Crippen LogP contribution in [0.25, 0.3) is 22.0 Å². The molecular formula is C27H25N3O3. The van der Waals surface area contributed by atoms with E-state index < -0.39 is 5.97 Å². The minimum atomic E-state index is -0.538. The molecular weight excluding hydrogens is 414 g/mol. The monoisotopic (exact) mass is 439 g/mol. The molecule has 0 aliphatic rings. The number of hydrogen-bond donors (Lipinski definition) is 1. The average molecular weight is 440 g/mol. The Balaban J connectivity index is 1.62. The van der Waals surface area contributed by atoms with Crippen LogP contribution in [-0.2, 0) is 9.53 Å². The maximum Gasteiger partial charge on any atom is 0.340 e. The molecule has 4 rings (SSSR count). The summed E-state index contributed by atoms with van der Waals surface area (Å²) in [5.74, 6) is -0.867. The van der Waals surface area contributed by atoms with Crippen molar-refractivity contribution in [2.24, 2.45) is 0 Å². The highest BCUT2D eigenvalue weighted by Gasteiger charge is 2.16. The van der Waals surface area contributed by atoms with E-state index in [1.54, 1.807) is 22.9 Å². The van der Waals surface area contributed by atoms with Crippen molar-refractivity contribution < 1.29 is 14.3 Å². The number of allylic oxidation sites excluding steroid dienone is 1. The van der Waals surface area contributed by atoms with Gasteiger partial charge >= 0.3 is 5.97 Å². The van der Waals surface area contributed by atoms with Crippen LogP contribution in [0.4, 0.5) is 5.69 Å². The lowest BCUT2D eigenvalue weighted by molar-refractivity contribution is -0.111. The van der Waals surface area contributed by atoms with Gasteiger partial charge in [-0.15, -0.1) is 0 Å². The Kier molecular flexibility index (Phi) is 6.09. The number of carbonyl (C=O) groups excluding carboxylic acids is 2. The molecule has 1 heterocycles. The fourth-order valence-corrected chi connectivity index (χ4v) is 3.83. The summed E-state index contributed by atoms with van der Waals surface area (Å²) in [6, 6.07) is 21.3. The first-order chi connectivity index (χ1) is 15.9. The van der Waals surface area contributed by atoms with E-state index in [2.05, 4.69) is 22.5 Å². The molecule has 1 amide bonds. The second-order valence-electron chi connectivity index (χ2n) is 7.94. The van der Waals surface area contributed by atoms with E-state index in [9.17, 15) is 9.59 Å². The van der Waals surface area contributed by atoms with Crippen LogP contribution < -0.4 is 5.32 Å². The number of benzene rings is 3. The molecule has 33 heavy (non-hydrogen) atoms. The van der Waals surface area contributed by atoms with Gasteiger partial charge in [0.15, 0.2) is 0 Å². The van der Waals surface area contributed by atoms with Gasteiger partial charge in [-0.3, -0.25) is 4.79 Å². The predicted octanol–water partition coefficient (Wildman–Crippen LogP) is 5.47. The molecule has 0 saturated carbocycles. The third-order valence-electron chi connectivity index (χ3n) is 5.47. The number of rotatable bonds is 5. The Morgan fingerprint density at radius 1 is 0.970 bits per heavy atom. The standard InChI is InChI=1S/C27H25N3O3/c1-17(21-10-9-20-7-5-6-8-22(20)15-21)13-26(31)28-25-12-11-23(16-24(25)27(32)33-4)30-19(3)14-18(2)29-30/h5-16H,1-4H3,(H,28,31)/b17-13-. The van der Waals surface area contributed by atoms with Crippen molar-refractivity contribution in [3.05, 3.63) is 95.3 Å². The number of esters is 1. The third kappa shape index (κ3) is 4.70. The third-order valence-corrected chi connectivity index (χ3v) is 5.47. The highest BCUT2D eigenvalue weighted by Crippen LogP contribution is 2.24. The number of nitrogens with zero attached hydrogens (tertiary/aromatic N) is 2. The molecule has 0 atom stereocenters. The number of carbonyl (C=O) groups is 2.